The molecule has 30 heavy (non-hydrogen) atoms. The largest absolute Gasteiger partial charge is 0.485 e. The summed E-state index contributed by atoms with van der Waals surface area (Å²) in [5, 5.41) is 3.35. The summed E-state index contributed by atoms with van der Waals surface area (Å²) in [5.74, 6) is 0.509. The molecule has 6 heteroatoms. The van der Waals surface area contributed by atoms with Crippen LogP contribution in [0.25, 0.3) is 0 Å². The zero-order chi connectivity index (χ0) is 21.7. The van der Waals surface area contributed by atoms with Crippen molar-refractivity contribution >= 4 is 21.6 Å². The Morgan fingerprint density at radius 3 is 2.63 bits per heavy atom. The van der Waals surface area contributed by atoms with E-state index in [0.717, 1.165) is 36.4 Å². The average Bonchev–Trinajstić information content (AvgIpc) is 2.69. The maximum Gasteiger partial charge on any atom is 0.132 e. The molecule has 4 nitrogen and oxygen atoms in total. The first-order valence-electron chi connectivity index (χ1n) is 10.6. The molecule has 0 saturated carbocycles. The van der Waals surface area contributed by atoms with Crippen LogP contribution in [0.3, 0.4) is 0 Å². The Morgan fingerprint density at radius 1 is 1.13 bits per heavy atom. The summed E-state index contributed by atoms with van der Waals surface area (Å²) < 4.78 is 34.0. The van der Waals surface area contributed by atoms with Gasteiger partial charge < -0.3 is 19.5 Å². The van der Waals surface area contributed by atoms with Gasteiger partial charge in [0.15, 0.2) is 0 Å². The molecular formula is C24H31BrFNO3. The lowest BCUT2D eigenvalue weighted by Crippen LogP contribution is -2.51. The van der Waals surface area contributed by atoms with Crippen molar-refractivity contribution in [3.05, 3.63) is 57.8 Å². The van der Waals surface area contributed by atoms with Crippen molar-refractivity contribution in [3.63, 3.8) is 0 Å². The van der Waals surface area contributed by atoms with Gasteiger partial charge in [0.1, 0.15) is 29.4 Å². The molecule has 3 rings (SSSR count). The van der Waals surface area contributed by atoms with E-state index in [1.165, 1.54) is 6.07 Å². The zero-order valence-electron chi connectivity index (χ0n) is 18.1. The Kier molecular flexibility index (Phi) is 7.77. The fourth-order valence-corrected chi connectivity index (χ4v) is 4.02. The Bertz CT molecular complexity index is 858. The first-order valence-corrected chi connectivity index (χ1v) is 11.4. The number of benzene rings is 2. The number of hydrogen-bond donors (Lipinski definition) is 1. The smallest absolute Gasteiger partial charge is 0.132 e. The highest BCUT2D eigenvalue weighted by atomic mass is 79.9. The van der Waals surface area contributed by atoms with Crippen molar-refractivity contribution in [2.75, 3.05) is 18.5 Å². The minimum atomic E-state index is -0.630. The third-order valence-corrected chi connectivity index (χ3v) is 5.75. The molecule has 0 radical (unpaired) electrons. The van der Waals surface area contributed by atoms with Crippen LogP contribution < -0.4 is 10.1 Å². The van der Waals surface area contributed by atoms with Gasteiger partial charge in [0.25, 0.3) is 0 Å². The third-order valence-electron chi connectivity index (χ3n) is 5.26. The predicted octanol–water partition coefficient (Wildman–Crippen LogP) is 6.63. The van der Waals surface area contributed by atoms with E-state index in [-0.39, 0.29) is 24.6 Å². The molecule has 0 spiro atoms. The van der Waals surface area contributed by atoms with E-state index in [1.54, 1.807) is 6.07 Å². The lowest BCUT2D eigenvalue weighted by atomic mass is 9.87. The van der Waals surface area contributed by atoms with Crippen molar-refractivity contribution in [1.29, 1.82) is 0 Å². The zero-order valence-corrected chi connectivity index (χ0v) is 19.7. The highest BCUT2D eigenvalue weighted by Crippen LogP contribution is 2.44. The van der Waals surface area contributed by atoms with Crippen LogP contribution in [0.2, 0.25) is 0 Å². The fourth-order valence-electron chi connectivity index (χ4n) is 3.69. The van der Waals surface area contributed by atoms with Crippen LogP contribution in [-0.4, -0.2) is 24.9 Å². The fraction of sp³-hybridized carbons (Fsp3) is 0.500. The maximum absolute atomic E-state index is 14.3. The monoisotopic (exact) mass is 479 g/mol. The van der Waals surface area contributed by atoms with Crippen molar-refractivity contribution in [1.82, 2.24) is 0 Å². The van der Waals surface area contributed by atoms with Crippen LogP contribution >= 0.6 is 15.9 Å². The van der Waals surface area contributed by atoms with E-state index in [9.17, 15) is 4.39 Å². The van der Waals surface area contributed by atoms with Crippen molar-refractivity contribution in [2.45, 2.75) is 65.0 Å². The van der Waals surface area contributed by atoms with Crippen molar-refractivity contribution in [3.8, 4) is 5.75 Å². The third kappa shape index (κ3) is 5.34. The molecule has 2 atom stereocenters. The van der Waals surface area contributed by atoms with Gasteiger partial charge in [-0.25, -0.2) is 4.39 Å². The lowest BCUT2D eigenvalue weighted by Gasteiger charge is -2.44. The van der Waals surface area contributed by atoms with Crippen LogP contribution in [-0.2, 0) is 16.1 Å². The summed E-state index contributed by atoms with van der Waals surface area (Å²) in [7, 11) is 0. The van der Waals surface area contributed by atoms with Gasteiger partial charge >= 0.3 is 0 Å². The molecule has 0 fully saturated rings. The molecule has 0 bridgehead atoms. The lowest BCUT2D eigenvalue weighted by molar-refractivity contribution is -0.167. The average molecular weight is 480 g/mol. The molecule has 0 amide bonds. The van der Waals surface area contributed by atoms with Crippen LogP contribution in [0.5, 0.6) is 5.75 Å². The van der Waals surface area contributed by atoms with Crippen molar-refractivity contribution < 1.29 is 18.6 Å². The molecule has 2 aromatic carbocycles. The number of ether oxygens (including phenoxy) is 3. The molecule has 164 valence electrons. The highest BCUT2D eigenvalue weighted by Gasteiger charge is 2.45. The van der Waals surface area contributed by atoms with E-state index in [1.807, 2.05) is 32.0 Å². The first-order chi connectivity index (χ1) is 14.4. The van der Waals surface area contributed by atoms with Gasteiger partial charge in [-0.2, -0.15) is 0 Å². The number of fused-ring (bicyclic) bond motifs is 1. The number of anilines is 1. The minimum absolute atomic E-state index is 0.145. The molecular weight excluding hydrogens is 449 g/mol. The van der Waals surface area contributed by atoms with E-state index in [0.29, 0.717) is 16.6 Å². The normalized spacial score (nSPS) is 19.8. The number of unbranched alkanes of at least 4 members (excludes halogenated alkanes) is 1. The maximum atomic E-state index is 14.3. The summed E-state index contributed by atoms with van der Waals surface area (Å²) in [5.41, 5.74) is 1.86. The summed E-state index contributed by atoms with van der Waals surface area (Å²) in [6.45, 7) is 9.79. The van der Waals surface area contributed by atoms with Crippen LogP contribution in [0, 0.1) is 5.82 Å². The van der Waals surface area contributed by atoms with Crippen LogP contribution in [0.15, 0.2) is 40.9 Å². The number of hydrogen-bond acceptors (Lipinski definition) is 4. The molecule has 2 unspecified atom stereocenters. The van der Waals surface area contributed by atoms with E-state index in [4.69, 9.17) is 14.2 Å². The molecule has 0 aliphatic carbocycles. The molecule has 1 N–H and O–H groups in total. The number of rotatable bonds is 9. The van der Waals surface area contributed by atoms with Crippen LogP contribution in [0.4, 0.5) is 10.1 Å². The Balaban J connectivity index is 1.90. The molecule has 1 aliphatic heterocycles. The molecule has 0 saturated heterocycles. The van der Waals surface area contributed by atoms with E-state index in [2.05, 4.69) is 41.2 Å². The number of nitrogens with one attached hydrogen (secondary N) is 1. The highest BCUT2D eigenvalue weighted by molar-refractivity contribution is 9.10. The number of halogens is 2. The Labute approximate surface area is 187 Å². The second-order valence-corrected chi connectivity index (χ2v) is 9.02. The van der Waals surface area contributed by atoms with E-state index >= 15 is 0 Å². The Hall–Kier alpha value is -1.63. The summed E-state index contributed by atoms with van der Waals surface area (Å²) in [6, 6.07) is 11.1. The second kappa shape index (κ2) is 10.1. The van der Waals surface area contributed by atoms with Gasteiger partial charge in [-0.05, 0) is 57.5 Å². The van der Waals surface area contributed by atoms with Gasteiger partial charge in [-0.15, -0.1) is 0 Å². The van der Waals surface area contributed by atoms with Crippen molar-refractivity contribution in [2.24, 2.45) is 0 Å². The molecule has 0 aromatic heterocycles. The van der Waals surface area contributed by atoms with Gasteiger partial charge in [0.05, 0.1) is 6.61 Å². The van der Waals surface area contributed by atoms with E-state index < -0.39 is 5.60 Å². The van der Waals surface area contributed by atoms with Gasteiger partial charge in [-0.3, -0.25) is 0 Å². The van der Waals surface area contributed by atoms with Gasteiger partial charge in [0, 0.05) is 34.4 Å². The molecule has 1 aliphatic rings. The first kappa shape index (κ1) is 23.0. The van der Waals surface area contributed by atoms with Gasteiger partial charge in [0.2, 0.25) is 0 Å². The second-order valence-electron chi connectivity index (χ2n) is 8.10. The standard InChI is InChI=1S/C24H31BrFNO3/c1-5-7-12-28-22-19-14-18(27-6-2)10-11-21(19)30-24(3,4)23(22)29-15-16-8-9-17(25)13-20(16)26/h8-11,13-14,22-23,27H,5-7,12,15H2,1-4H3. The quantitative estimate of drug-likeness (QED) is 0.409. The summed E-state index contributed by atoms with van der Waals surface area (Å²) in [6.07, 6.45) is 1.33. The van der Waals surface area contributed by atoms with Gasteiger partial charge in [-0.1, -0.05) is 35.3 Å². The molecule has 1 heterocycles. The summed E-state index contributed by atoms with van der Waals surface area (Å²) >= 11 is 3.30. The predicted molar refractivity (Wildman–Crippen MR) is 122 cm³/mol. The minimum Gasteiger partial charge on any atom is -0.485 e. The topological polar surface area (TPSA) is 39.7 Å². The SMILES string of the molecule is CCCCOC1c2cc(NCC)ccc2OC(C)(C)C1OCc1ccc(Br)cc1F. The molecule has 2 aromatic rings. The Morgan fingerprint density at radius 2 is 1.93 bits per heavy atom. The van der Waals surface area contributed by atoms with Crippen LogP contribution in [0.1, 0.15) is 57.8 Å². The summed E-state index contributed by atoms with van der Waals surface area (Å²) in [4.78, 5) is 0.